The molecule has 1 fully saturated rings. The fourth-order valence-corrected chi connectivity index (χ4v) is 1.82. The van der Waals surface area contributed by atoms with Gasteiger partial charge in [0.15, 0.2) is 0 Å². The van der Waals surface area contributed by atoms with Gasteiger partial charge in [-0.25, -0.2) is 4.98 Å². The zero-order valence-corrected chi connectivity index (χ0v) is 10.7. The molecule has 1 amide bonds. The number of imidazole rings is 1. The van der Waals surface area contributed by atoms with Crippen molar-refractivity contribution in [3.63, 3.8) is 0 Å². The smallest absolute Gasteiger partial charge is 0.271 e. The highest BCUT2D eigenvalue weighted by molar-refractivity contribution is 5.92. The molecule has 19 heavy (non-hydrogen) atoms. The molecule has 1 aliphatic carbocycles. The van der Waals surface area contributed by atoms with Crippen molar-refractivity contribution in [3.8, 4) is 11.4 Å². The van der Waals surface area contributed by atoms with E-state index in [4.69, 9.17) is 4.74 Å². The van der Waals surface area contributed by atoms with Crippen molar-refractivity contribution in [3.05, 3.63) is 42.5 Å². The number of hydrogen-bond donors (Lipinski definition) is 1. The molecular formula is C14H15N3O2. The van der Waals surface area contributed by atoms with E-state index in [0.717, 1.165) is 24.3 Å². The number of methoxy groups -OCH3 is 1. The number of nitrogens with zero attached hydrogens (tertiary/aromatic N) is 2. The first-order valence-electron chi connectivity index (χ1n) is 6.25. The molecular weight excluding hydrogens is 242 g/mol. The molecule has 2 aromatic rings. The molecule has 5 heteroatoms. The molecule has 0 aliphatic heterocycles. The third-order valence-electron chi connectivity index (χ3n) is 3.10. The van der Waals surface area contributed by atoms with Crippen LogP contribution in [0.25, 0.3) is 5.69 Å². The fraction of sp³-hybridized carbons (Fsp3) is 0.286. The Labute approximate surface area is 111 Å². The lowest BCUT2D eigenvalue weighted by Gasteiger charge is -2.03. The highest BCUT2D eigenvalue weighted by atomic mass is 16.5. The molecule has 5 nitrogen and oxygen atoms in total. The Morgan fingerprint density at radius 1 is 1.37 bits per heavy atom. The van der Waals surface area contributed by atoms with E-state index in [-0.39, 0.29) is 5.91 Å². The Morgan fingerprint density at radius 3 is 2.74 bits per heavy atom. The van der Waals surface area contributed by atoms with Gasteiger partial charge in [0, 0.05) is 17.9 Å². The van der Waals surface area contributed by atoms with Crippen LogP contribution in [0.4, 0.5) is 0 Å². The van der Waals surface area contributed by atoms with Crippen molar-refractivity contribution in [2.24, 2.45) is 0 Å². The summed E-state index contributed by atoms with van der Waals surface area (Å²) in [6.07, 6.45) is 5.53. The summed E-state index contributed by atoms with van der Waals surface area (Å²) in [4.78, 5) is 16.0. The summed E-state index contributed by atoms with van der Waals surface area (Å²) in [6.45, 7) is 0. The van der Waals surface area contributed by atoms with Crippen molar-refractivity contribution < 1.29 is 9.53 Å². The number of aromatic nitrogens is 2. The van der Waals surface area contributed by atoms with Crippen LogP contribution < -0.4 is 10.1 Å². The van der Waals surface area contributed by atoms with Gasteiger partial charge in [-0.3, -0.25) is 4.79 Å². The summed E-state index contributed by atoms with van der Waals surface area (Å²) in [5.74, 6) is 0.699. The second-order valence-corrected chi connectivity index (χ2v) is 4.61. The van der Waals surface area contributed by atoms with Gasteiger partial charge >= 0.3 is 0 Å². The summed E-state index contributed by atoms with van der Waals surface area (Å²) >= 11 is 0. The maximum Gasteiger partial charge on any atom is 0.271 e. The van der Waals surface area contributed by atoms with Crippen molar-refractivity contribution in [1.29, 1.82) is 0 Å². The Kier molecular flexibility index (Phi) is 2.95. The maximum absolute atomic E-state index is 11.8. The molecule has 0 radical (unpaired) electrons. The molecule has 1 aliphatic rings. The Balaban J connectivity index is 1.77. The Bertz CT molecular complexity index is 585. The first-order chi connectivity index (χ1) is 9.26. The molecule has 0 atom stereocenters. The van der Waals surface area contributed by atoms with Gasteiger partial charge in [0.25, 0.3) is 5.91 Å². The zero-order valence-electron chi connectivity index (χ0n) is 10.7. The van der Waals surface area contributed by atoms with Gasteiger partial charge in [-0.15, -0.1) is 0 Å². The van der Waals surface area contributed by atoms with E-state index in [1.165, 1.54) is 0 Å². The molecule has 1 aromatic heterocycles. The normalized spacial score (nSPS) is 14.2. The molecule has 1 heterocycles. The van der Waals surface area contributed by atoms with Crippen LogP contribution >= 0.6 is 0 Å². The third-order valence-corrected chi connectivity index (χ3v) is 3.10. The number of benzene rings is 1. The monoisotopic (exact) mass is 257 g/mol. The molecule has 1 saturated carbocycles. The minimum absolute atomic E-state index is 0.102. The van der Waals surface area contributed by atoms with Gasteiger partial charge in [0.05, 0.1) is 7.11 Å². The Morgan fingerprint density at radius 2 is 2.11 bits per heavy atom. The first kappa shape index (κ1) is 11.8. The standard InChI is InChI=1S/C14H15N3O2/c1-19-12-6-4-11(5-7-12)17-8-13(15-9-17)14(18)16-10-2-3-10/h4-10H,2-3H2,1H3,(H,16,18). The van der Waals surface area contributed by atoms with E-state index >= 15 is 0 Å². The van der Waals surface area contributed by atoms with Crippen molar-refractivity contribution in [2.45, 2.75) is 18.9 Å². The average molecular weight is 257 g/mol. The summed E-state index contributed by atoms with van der Waals surface area (Å²) < 4.78 is 6.93. The minimum atomic E-state index is -0.102. The van der Waals surface area contributed by atoms with E-state index in [0.29, 0.717) is 11.7 Å². The zero-order chi connectivity index (χ0) is 13.2. The fourth-order valence-electron chi connectivity index (χ4n) is 1.82. The molecule has 0 saturated heterocycles. The van der Waals surface area contributed by atoms with Crippen LogP contribution in [0.3, 0.4) is 0 Å². The van der Waals surface area contributed by atoms with E-state index in [9.17, 15) is 4.79 Å². The summed E-state index contributed by atoms with van der Waals surface area (Å²) in [5.41, 5.74) is 1.39. The predicted octanol–water partition coefficient (Wildman–Crippen LogP) is 1.77. The molecule has 98 valence electrons. The summed E-state index contributed by atoms with van der Waals surface area (Å²) in [5, 5.41) is 2.92. The van der Waals surface area contributed by atoms with Gasteiger partial charge < -0.3 is 14.6 Å². The van der Waals surface area contributed by atoms with Crippen LogP contribution in [0.15, 0.2) is 36.8 Å². The van der Waals surface area contributed by atoms with Crippen LogP contribution in [0.5, 0.6) is 5.75 Å². The summed E-state index contributed by atoms with van der Waals surface area (Å²) in [7, 11) is 1.63. The molecule has 0 spiro atoms. The number of carbonyl (C=O) groups excluding carboxylic acids is 1. The van der Waals surface area contributed by atoms with Gasteiger partial charge in [-0.1, -0.05) is 0 Å². The lowest BCUT2D eigenvalue weighted by molar-refractivity contribution is 0.0946. The van der Waals surface area contributed by atoms with Crippen LogP contribution in [0.2, 0.25) is 0 Å². The first-order valence-corrected chi connectivity index (χ1v) is 6.25. The Hall–Kier alpha value is -2.30. The molecule has 1 aromatic carbocycles. The van der Waals surface area contributed by atoms with Gasteiger partial charge in [0.2, 0.25) is 0 Å². The lowest BCUT2D eigenvalue weighted by atomic mass is 10.3. The van der Waals surface area contributed by atoms with Crippen molar-refractivity contribution in [2.75, 3.05) is 7.11 Å². The largest absolute Gasteiger partial charge is 0.497 e. The molecule has 3 rings (SSSR count). The molecule has 0 bridgehead atoms. The lowest BCUT2D eigenvalue weighted by Crippen LogP contribution is -2.25. The number of amides is 1. The van der Waals surface area contributed by atoms with Crippen molar-refractivity contribution >= 4 is 5.91 Å². The minimum Gasteiger partial charge on any atom is -0.497 e. The average Bonchev–Trinajstić information content (AvgIpc) is 3.11. The van der Waals surface area contributed by atoms with Gasteiger partial charge in [-0.2, -0.15) is 0 Å². The van der Waals surface area contributed by atoms with Crippen LogP contribution in [-0.4, -0.2) is 28.6 Å². The second-order valence-electron chi connectivity index (χ2n) is 4.61. The highest BCUT2D eigenvalue weighted by Gasteiger charge is 2.24. The van der Waals surface area contributed by atoms with Crippen LogP contribution in [0.1, 0.15) is 23.3 Å². The number of hydrogen-bond acceptors (Lipinski definition) is 3. The number of carbonyl (C=O) groups is 1. The quantitative estimate of drug-likeness (QED) is 0.908. The molecule has 0 unspecified atom stereocenters. The summed E-state index contributed by atoms with van der Waals surface area (Å²) in [6, 6.07) is 7.93. The van der Waals surface area contributed by atoms with Gasteiger partial charge in [0.1, 0.15) is 17.8 Å². The predicted molar refractivity (Wildman–Crippen MR) is 70.6 cm³/mol. The molecule has 1 N–H and O–H groups in total. The highest BCUT2D eigenvalue weighted by Crippen LogP contribution is 2.19. The van der Waals surface area contributed by atoms with Gasteiger partial charge in [-0.05, 0) is 37.1 Å². The number of nitrogens with one attached hydrogen (secondary N) is 1. The van der Waals surface area contributed by atoms with Crippen LogP contribution in [-0.2, 0) is 0 Å². The number of ether oxygens (including phenoxy) is 1. The third kappa shape index (κ3) is 2.59. The van der Waals surface area contributed by atoms with Crippen molar-refractivity contribution in [1.82, 2.24) is 14.9 Å². The van der Waals surface area contributed by atoms with E-state index in [2.05, 4.69) is 10.3 Å². The maximum atomic E-state index is 11.8. The van der Waals surface area contributed by atoms with E-state index in [1.54, 1.807) is 19.6 Å². The van der Waals surface area contributed by atoms with Crippen LogP contribution in [0, 0.1) is 0 Å². The SMILES string of the molecule is COc1ccc(-n2cnc(C(=O)NC3CC3)c2)cc1. The topological polar surface area (TPSA) is 56.2 Å². The second kappa shape index (κ2) is 4.76. The van der Waals surface area contributed by atoms with E-state index < -0.39 is 0 Å². The van der Waals surface area contributed by atoms with E-state index in [1.807, 2.05) is 28.8 Å². The number of rotatable bonds is 4.